The Balaban J connectivity index is 1.45. The number of allylic oxidation sites excluding steroid dienone is 13. The summed E-state index contributed by atoms with van der Waals surface area (Å²) in [5, 5.41) is 0. The number of aryl methyl sites for hydroxylation is 2. The molecule has 0 heterocycles. The summed E-state index contributed by atoms with van der Waals surface area (Å²) in [5.74, 6) is 0.580. The highest BCUT2D eigenvalue weighted by molar-refractivity contribution is 5.75. The van der Waals surface area contributed by atoms with Gasteiger partial charge in [-0.25, -0.2) is 0 Å². The monoisotopic (exact) mass is 538 g/mol. The van der Waals surface area contributed by atoms with Gasteiger partial charge in [-0.3, -0.25) is 0 Å². The third-order valence-corrected chi connectivity index (χ3v) is 9.34. The van der Waals surface area contributed by atoms with Crippen molar-refractivity contribution in [1.82, 2.24) is 0 Å². The van der Waals surface area contributed by atoms with Crippen LogP contribution in [0.1, 0.15) is 94.0 Å². The number of hydrogen-bond donors (Lipinski definition) is 0. The van der Waals surface area contributed by atoms with Gasteiger partial charge in [-0.05, 0) is 107 Å². The zero-order valence-corrected chi connectivity index (χ0v) is 25.9. The molecule has 2 atom stereocenters. The van der Waals surface area contributed by atoms with E-state index in [-0.39, 0.29) is 5.92 Å². The van der Waals surface area contributed by atoms with Crippen LogP contribution in [0.4, 0.5) is 0 Å². The van der Waals surface area contributed by atoms with E-state index in [1.807, 2.05) is 0 Å². The standard InChI is InChI=1S/C41H46/c1-9-12-27(6)39-28(7)21-38-25-37(23-30-13-14-35(22-30)34-18-16-33(17-19-34)26(4)5)29(8)40(38)41(39)36-20-15-31(10-2)32(11-3)24-36/h13-21,23-24,40-41H,4,6,8-12,22,25H2,1-3,5,7H3/b37-23+. The van der Waals surface area contributed by atoms with Crippen LogP contribution in [0.5, 0.6) is 0 Å². The molecule has 5 rings (SSSR count). The van der Waals surface area contributed by atoms with Crippen molar-refractivity contribution in [3.8, 4) is 0 Å². The van der Waals surface area contributed by atoms with Crippen LogP contribution < -0.4 is 0 Å². The summed E-state index contributed by atoms with van der Waals surface area (Å²) in [5.41, 5.74) is 19.0. The number of rotatable bonds is 9. The van der Waals surface area contributed by atoms with Crippen LogP contribution in [-0.4, -0.2) is 0 Å². The highest BCUT2D eigenvalue weighted by Crippen LogP contribution is 2.55. The second-order valence-electron chi connectivity index (χ2n) is 12.2. The lowest BCUT2D eigenvalue weighted by Crippen LogP contribution is -2.21. The molecule has 0 spiro atoms. The molecular weight excluding hydrogens is 492 g/mol. The molecule has 0 amide bonds. The molecule has 3 aliphatic rings. The van der Waals surface area contributed by atoms with Gasteiger partial charge < -0.3 is 0 Å². The molecule has 3 aliphatic carbocycles. The van der Waals surface area contributed by atoms with Gasteiger partial charge >= 0.3 is 0 Å². The van der Waals surface area contributed by atoms with Gasteiger partial charge in [0.05, 0.1) is 0 Å². The molecule has 0 saturated heterocycles. The minimum absolute atomic E-state index is 0.279. The second kappa shape index (κ2) is 12.1. The van der Waals surface area contributed by atoms with Gasteiger partial charge in [-0.15, -0.1) is 0 Å². The molecule has 0 bridgehead atoms. The van der Waals surface area contributed by atoms with Gasteiger partial charge in [0.25, 0.3) is 0 Å². The van der Waals surface area contributed by atoms with E-state index in [1.165, 1.54) is 72.4 Å². The van der Waals surface area contributed by atoms with Gasteiger partial charge in [-0.1, -0.05) is 130 Å². The summed E-state index contributed by atoms with van der Waals surface area (Å²) in [7, 11) is 0. The van der Waals surface area contributed by atoms with Crippen LogP contribution in [0.15, 0.2) is 126 Å². The van der Waals surface area contributed by atoms with E-state index in [0.29, 0.717) is 5.92 Å². The first-order chi connectivity index (χ1) is 19.7. The Kier molecular flexibility index (Phi) is 8.50. The average molecular weight is 539 g/mol. The van der Waals surface area contributed by atoms with E-state index in [0.717, 1.165) is 44.1 Å². The summed E-state index contributed by atoms with van der Waals surface area (Å²) in [6.45, 7) is 24.6. The molecule has 210 valence electrons. The summed E-state index contributed by atoms with van der Waals surface area (Å²) < 4.78 is 0. The van der Waals surface area contributed by atoms with Crippen LogP contribution in [0.3, 0.4) is 0 Å². The molecule has 1 saturated carbocycles. The molecule has 41 heavy (non-hydrogen) atoms. The van der Waals surface area contributed by atoms with Crippen molar-refractivity contribution in [3.63, 3.8) is 0 Å². The molecular formula is C41H46. The van der Waals surface area contributed by atoms with E-state index in [2.05, 4.69) is 115 Å². The second-order valence-corrected chi connectivity index (χ2v) is 12.2. The predicted octanol–water partition coefficient (Wildman–Crippen LogP) is 11.5. The molecule has 2 unspecified atom stereocenters. The number of benzene rings is 2. The minimum Gasteiger partial charge on any atom is -0.0955 e. The summed E-state index contributed by atoms with van der Waals surface area (Å²) in [6.07, 6.45) is 15.7. The van der Waals surface area contributed by atoms with Gasteiger partial charge in [0, 0.05) is 11.8 Å². The van der Waals surface area contributed by atoms with E-state index in [1.54, 1.807) is 0 Å². The lowest BCUT2D eigenvalue weighted by atomic mass is 9.68. The van der Waals surface area contributed by atoms with Crippen molar-refractivity contribution in [1.29, 1.82) is 0 Å². The molecule has 1 fully saturated rings. The average Bonchev–Trinajstić information content (AvgIpc) is 3.56. The minimum atomic E-state index is 0.279. The fourth-order valence-corrected chi connectivity index (χ4v) is 7.18. The van der Waals surface area contributed by atoms with Gasteiger partial charge in [0.1, 0.15) is 0 Å². The van der Waals surface area contributed by atoms with Crippen molar-refractivity contribution in [2.75, 3.05) is 0 Å². The zero-order chi connectivity index (χ0) is 29.3. The van der Waals surface area contributed by atoms with Crippen molar-refractivity contribution >= 4 is 11.1 Å². The highest BCUT2D eigenvalue weighted by Gasteiger charge is 2.41. The smallest absolute Gasteiger partial charge is 0.0201 e. The van der Waals surface area contributed by atoms with Crippen LogP contribution >= 0.6 is 0 Å². The summed E-state index contributed by atoms with van der Waals surface area (Å²) in [6, 6.07) is 16.1. The summed E-state index contributed by atoms with van der Waals surface area (Å²) >= 11 is 0. The zero-order valence-electron chi connectivity index (χ0n) is 25.9. The Morgan fingerprint density at radius 3 is 2.29 bits per heavy atom. The first-order valence-electron chi connectivity index (χ1n) is 15.5. The lowest BCUT2D eigenvalue weighted by Gasteiger charge is -2.35. The molecule has 2 aromatic carbocycles. The highest BCUT2D eigenvalue weighted by atomic mass is 14.4. The maximum Gasteiger partial charge on any atom is 0.0201 e. The molecule has 2 aromatic rings. The normalized spacial score (nSPS) is 21.1. The van der Waals surface area contributed by atoms with Crippen LogP contribution in [0.25, 0.3) is 11.1 Å². The van der Waals surface area contributed by atoms with Crippen molar-refractivity contribution < 1.29 is 0 Å². The van der Waals surface area contributed by atoms with E-state index < -0.39 is 0 Å². The Morgan fingerprint density at radius 2 is 1.63 bits per heavy atom. The quantitative estimate of drug-likeness (QED) is 0.298. The largest absolute Gasteiger partial charge is 0.0955 e. The molecule has 0 nitrogen and oxygen atoms in total. The number of fused-ring (bicyclic) bond motifs is 1. The molecule has 0 radical (unpaired) electrons. The SMILES string of the molecule is C=C(CCC)C1=C(C)C=C2C/C(=C\C3=CC=C(c4ccc(C(=C)C)cc4)C3)C(=C)C2C1c1ccc(CC)c(CC)c1. The van der Waals surface area contributed by atoms with E-state index in [9.17, 15) is 0 Å². The van der Waals surface area contributed by atoms with Gasteiger partial charge in [0.2, 0.25) is 0 Å². The van der Waals surface area contributed by atoms with E-state index in [4.69, 9.17) is 6.58 Å². The van der Waals surface area contributed by atoms with Crippen molar-refractivity contribution in [2.24, 2.45) is 5.92 Å². The Hall–Kier alpha value is -3.64. The van der Waals surface area contributed by atoms with Crippen LogP contribution in [-0.2, 0) is 12.8 Å². The molecule has 0 heteroatoms. The fraction of sp³-hybridized carbons (Fsp3) is 0.317. The topological polar surface area (TPSA) is 0 Å². The first-order valence-corrected chi connectivity index (χ1v) is 15.5. The Labute approximate surface area is 249 Å². The van der Waals surface area contributed by atoms with Crippen LogP contribution in [0, 0.1) is 5.92 Å². The van der Waals surface area contributed by atoms with Crippen molar-refractivity contribution in [2.45, 2.75) is 79.1 Å². The maximum atomic E-state index is 4.77. The van der Waals surface area contributed by atoms with E-state index >= 15 is 0 Å². The predicted molar refractivity (Wildman–Crippen MR) is 180 cm³/mol. The van der Waals surface area contributed by atoms with Crippen LogP contribution in [0.2, 0.25) is 0 Å². The maximum absolute atomic E-state index is 4.77. The molecule has 0 aliphatic heterocycles. The Morgan fingerprint density at radius 1 is 0.902 bits per heavy atom. The first kappa shape index (κ1) is 28.9. The molecule has 0 N–H and O–H groups in total. The third-order valence-electron chi connectivity index (χ3n) is 9.34. The summed E-state index contributed by atoms with van der Waals surface area (Å²) in [4.78, 5) is 0. The fourth-order valence-electron chi connectivity index (χ4n) is 7.18. The third kappa shape index (κ3) is 5.62. The number of hydrogen-bond acceptors (Lipinski definition) is 0. The molecule has 0 aromatic heterocycles. The lowest BCUT2D eigenvalue weighted by molar-refractivity contribution is 0.618. The Bertz CT molecular complexity index is 1550. The van der Waals surface area contributed by atoms with Gasteiger partial charge in [-0.2, -0.15) is 0 Å². The van der Waals surface area contributed by atoms with Crippen molar-refractivity contribution in [3.05, 3.63) is 153 Å². The van der Waals surface area contributed by atoms with Gasteiger partial charge in [0.15, 0.2) is 0 Å².